The zero-order chi connectivity index (χ0) is 17.9. The maximum absolute atomic E-state index is 12.8. The molecule has 2 aliphatic carbocycles. The molecule has 1 aromatic carbocycles. The molecule has 8 nitrogen and oxygen atoms in total. The summed E-state index contributed by atoms with van der Waals surface area (Å²) in [4.78, 5) is 35.3. The quantitative estimate of drug-likeness (QED) is 0.352. The normalized spacial score (nSPS) is 34.7. The second kappa shape index (κ2) is 5.69. The Kier molecular flexibility index (Phi) is 3.71. The van der Waals surface area contributed by atoms with Gasteiger partial charge in [-0.1, -0.05) is 15.9 Å². The molecule has 1 aliphatic heterocycles. The van der Waals surface area contributed by atoms with Crippen LogP contribution in [0, 0.1) is 33.8 Å². The number of non-ortho nitro benzene ring substituents is 1. The van der Waals surface area contributed by atoms with Gasteiger partial charge in [-0.3, -0.25) is 19.7 Å². The SMILES string of the molecule is COc1cc([N+](=O)[O-])ccc1NC(=O)[C@@H]1[C@H]2C[C@H]3[C@H](OC(=O)[C@H]31)[C@@H]2Br. The minimum atomic E-state index is -0.534. The molecule has 9 heteroatoms. The molecule has 2 saturated carbocycles. The highest BCUT2D eigenvalue weighted by molar-refractivity contribution is 9.09. The number of alkyl halides is 1. The number of carbonyl (C=O) groups is 2. The molecular weight excluding hydrogens is 396 g/mol. The number of methoxy groups -OCH3 is 1. The van der Waals surface area contributed by atoms with Gasteiger partial charge in [0.15, 0.2) is 0 Å². The van der Waals surface area contributed by atoms with Crippen molar-refractivity contribution in [2.24, 2.45) is 23.7 Å². The van der Waals surface area contributed by atoms with E-state index in [2.05, 4.69) is 21.2 Å². The van der Waals surface area contributed by atoms with Gasteiger partial charge in [0, 0.05) is 12.0 Å². The predicted molar refractivity (Wildman–Crippen MR) is 89.5 cm³/mol. The lowest BCUT2D eigenvalue weighted by Gasteiger charge is -2.27. The monoisotopic (exact) mass is 410 g/mol. The fourth-order valence-electron chi connectivity index (χ4n) is 4.44. The lowest BCUT2D eigenvalue weighted by Crippen LogP contribution is -2.40. The van der Waals surface area contributed by atoms with Gasteiger partial charge in [0.2, 0.25) is 5.91 Å². The van der Waals surface area contributed by atoms with Crippen LogP contribution in [0.4, 0.5) is 11.4 Å². The topological polar surface area (TPSA) is 108 Å². The number of halogens is 1. The van der Waals surface area contributed by atoms with Crippen LogP contribution in [0.2, 0.25) is 0 Å². The van der Waals surface area contributed by atoms with Crippen LogP contribution in [0.5, 0.6) is 5.75 Å². The van der Waals surface area contributed by atoms with Crippen LogP contribution in [0.15, 0.2) is 18.2 Å². The molecule has 1 amide bonds. The van der Waals surface area contributed by atoms with E-state index in [1.807, 2.05) is 0 Å². The first-order chi connectivity index (χ1) is 11.9. The first kappa shape index (κ1) is 16.3. The van der Waals surface area contributed by atoms with E-state index in [9.17, 15) is 19.7 Å². The third-order valence-electron chi connectivity index (χ3n) is 5.48. The van der Waals surface area contributed by atoms with E-state index >= 15 is 0 Å². The number of fused-ring (bicyclic) bond motifs is 1. The van der Waals surface area contributed by atoms with Gasteiger partial charge >= 0.3 is 5.97 Å². The molecule has 132 valence electrons. The van der Waals surface area contributed by atoms with Crippen LogP contribution in [-0.2, 0) is 14.3 Å². The highest BCUT2D eigenvalue weighted by Gasteiger charge is 2.67. The molecule has 3 aliphatic rings. The minimum absolute atomic E-state index is 0.0188. The molecule has 1 saturated heterocycles. The van der Waals surface area contributed by atoms with Gasteiger partial charge in [0.1, 0.15) is 11.9 Å². The molecular formula is C16H15BrN2O6. The summed E-state index contributed by atoms with van der Waals surface area (Å²) in [6.45, 7) is 0. The summed E-state index contributed by atoms with van der Waals surface area (Å²) in [6, 6.07) is 3.99. The predicted octanol–water partition coefficient (Wildman–Crippen LogP) is 2.11. The van der Waals surface area contributed by atoms with Crippen LogP contribution in [0.3, 0.4) is 0 Å². The van der Waals surface area contributed by atoms with E-state index in [1.54, 1.807) is 0 Å². The largest absolute Gasteiger partial charge is 0.494 e. The second-order valence-electron chi connectivity index (χ2n) is 6.59. The smallest absolute Gasteiger partial charge is 0.310 e. The number of hydrogen-bond acceptors (Lipinski definition) is 6. The molecule has 0 spiro atoms. The first-order valence-electron chi connectivity index (χ1n) is 7.90. The summed E-state index contributed by atoms with van der Waals surface area (Å²) in [5.41, 5.74) is 0.215. The first-order valence-corrected chi connectivity index (χ1v) is 8.81. The minimum Gasteiger partial charge on any atom is -0.494 e. The number of anilines is 1. The number of esters is 1. The molecule has 0 aromatic heterocycles. The molecule has 0 unspecified atom stereocenters. The van der Waals surface area contributed by atoms with Gasteiger partial charge in [-0.2, -0.15) is 0 Å². The Labute approximate surface area is 151 Å². The number of carbonyl (C=O) groups excluding carboxylic acids is 2. The average Bonchev–Trinajstić information content (AvgIpc) is 3.19. The Morgan fingerprint density at radius 2 is 2.20 bits per heavy atom. The van der Waals surface area contributed by atoms with Crippen molar-refractivity contribution in [3.8, 4) is 5.75 Å². The van der Waals surface area contributed by atoms with Crippen molar-refractivity contribution in [1.82, 2.24) is 0 Å². The Balaban J connectivity index is 1.59. The van der Waals surface area contributed by atoms with Gasteiger partial charge in [0.05, 0.1) is 40.4 Å². The Hall–Kier alpha value is -2.16. The van der Waals surface area contributed by atoms with E-state index in [-0.39, 0.29) is 46.1 Å². The van der Waals surface area contributed by atoms with E-state index < -0.39 is 16.8 Å². The highest BCUT2D eigenvalue weighted by Crippen LogP contribution is 2.60. The van der Waals surface area contributed by atoms with Crippen LogP contribution in [-0.4, -0.2) is 34.8 Å². The molecule has 6 atom stereocenters. The summed E-state index contributed by atoms with van der Waals surface area (Å²) >= 11 is 3.57. The zero-order valence-corrected chi connectivity index (χ0v) is 14.8. The molecule has 3 fully saturated rings. The van der Waals surface area contributed by atoms with Gasteiger partial charge < -0.3 is 14.8 Å². The lowest BCUT2D eigenvalue weighted by atomic mass is 9.79. The summed E-state index contributed by atoms with van der Waals surface area (Å²) in [5, 5.41) is 13.6. The Morgan fingerprint density at radius 3 is 2.88 bits per heavy atom. The number of nitrogens with zero attached hydrogens (tertiary/aromatic N) is 1. The maximum atomic E-state index is 12.8. The number of benzene rings is 1. The van der Waals surface area contributed by atoms with Crippen molar-refractivity contribution >= 4 is 39.2 Å². The number of nitro benzene ring substituents is 1. The van der Waals surface area contributed by atoms with E-state index in [4.69, 9.17) is 9.47 Å². The molecule has 4 rings (SSSR count). The van der Waals surface area contributed by atoms with Crippen molar-refractivity contribution in [3.63, 3.8) is 0 Å². The van der Waals surface area contributed by atoms with Crippen LogP contribution in [0.25, 0.3) is 0 Å². The van der Waals surface area contributed by atoms with Crippen molar-refractivity contribution in [1.29, 1.82) is 0 Å². The fourth-order valence-corrected chi connectivity index (χ4v) is 5.49. The molecule has 1 aromatic rings. The molecule has 1 heterocycles. The van der Waals surface area contributed by atoms with Gasteiger partial charge in [0.25, 0.3) is 5.69 Å². The molecule has 25 heavy (non-hydrogen) atoms. The Morgan fingerprint density at radius 1 is 1.44 bits per heavy atom. The van der Waals surface area contributed by atoms with Crippen molar-refractivity contribution in [2.45, 2.75) is 17.4 Å². The summed E-state index contributed by atoms with van der Waals surface area (Å²) < 4.78 is 10.5. The van der Waals surface area contributed by atoms with Crippen molar-refractivity contribution < 1.29 is 24.0 Å². The van der Waals surface area contributed by atoms with Crippen LogP contribution >= 0.6 is 15.9 Å². The van der Waals surface area contributed by atoms with Gasteiger partial charge in [-0.25, -0.2) is 0 Å². The van der Waals surface area contributed by atoms with Gasteiger partial charge in [-0.15, -0.1) is 0 Å². The van der Waals surface area contributed by atoms with E-state index in [0.29, 0.717) is 5.69 Å². The highest BCUT2D eigenvalue weighted by atomic mass is 79.9. The van der Waals surface area contributed by atoms with E-state index in [1.165, 1.54) is 25.3 Å². The maximum Gasteiger partial charge on any atom is 0.310 e. The third-order valence-corrected chi connectivity index (χ3v) is 6.68. The summed E-state index contributed by atoms with van der Waals surface area (Å²) in [7, 11) is 1.37. The number of rotatable bonds is 4. The van der Waals surface area contributed by atoms with Crippen LogP contribution < -0.4 is 10.1 Å². The average molecular weight is 411 g/mol. The molecule has 2 bridgehead atoms. The molecule has 1 N–H and O–H groups in total. The lowest BCUT2D eigenvalue weighted by molar-refractivity contribution is -0.384. The molecule has 0 radical (unpaired) electrons. The number of hydrogen-bond donors (Lipinski definition) is 1. The number of nitrogens with one attached hydrogen (secondary N) is 1. The van der Waals surface area contributed by atoms with E-state index in [0.717, 1.165) is 6.42 Å². The standard InChI is InChI=1S/C16H15BrN2O6/c1-24-10-4-6(19(22)23)2-3-9(10)18-15(20)11-7-5-8-12(11)16(21)25-14(8)13(7)17/h2-4,7-8,11-14H,5H2,1H3,(H,18,20)/t7-,8-,11-,12-,13-,14+/m1/s1. The zero-order valence-electron chi connectivity index (χ0n) is 13.2. The van der Waals surface area contributed by atoms with Crippen molar-refractivity contribution in [3.05, 3.63) is 28.3 Å². The second-order valence-corrected chi connectivity index (χ2v) is 7.65. The van der Waals surface area contributed by atoms with Gasteiger partial charge in [-0.05, 0) is 18.4 Å². The summed E-state index contributed by atoms with van der Waals surface area (Å²) in [5.74, 6) is -1.16. The fraction of sp³-hybridized carbons (Fsp3) is 0.500. The van der Waals surface area contributed by atoms with Crippen LogP contribution in [0.1, 0.15) is 6.42 Å². The Bertz CT molecular complexity index is 784. The number of amides is 1. The summed E-state index contributed by atoms with van der Waals surface area (Å²) in [6.07, 6.45) is 0.646. The number of ether oxygens (including phenoxy) is 2. The van der Waals surface area contributed by atoms with Crippen molar-refractivity contribution in [2.75, 3.05) is 12.4 Å². The third kappa shape index (κ3) is 2.32. The number of nitro groups is 1.